The highest BCUT2D eigenvalue weighted by atomic mass is 35.5. The number of nitrogens with zero attached hydrogens (tertiary/aromatic N) is 3. The first-order valence-electron chi connectivity index (χ1n) is 4.83. The summed E-state index contributed by atoms with van der Waals surface area (Å²) in [5, 5.41) is 3.06. The second kappa shape index (κ2) is 4.89. The maximum absolute atomic E-state index is 10.1. The van der Waals surface area contributed by atoms with Crippen LogP contribution in [0.25, 0.3) is 11.2 Å². The standard InChI is InChI=1S/C5H3ClN4.C4H7NO/c6-4-3-5(9-1-7-3)10-2-8-4;6-4-2-1-3-5-4/h1-2H,(H,7,8,9,10);1-3H2,(H,5,6). The number of hydrogen-bond donors (Lipinski definition) is 2. The fourth-order valence-electron chi connectivity index (χ4n) is 1.30. The summed E-state index contributed by atoms with van der Waals surface area (Å²) in [6, 6.07) is 0. The van der Waals surface area contributed by atoms with Crippen molar-refractivity contribution in [2.75, 3.05) is 6.54 Å². The van der Waals surface area contributed by atoms with Gasteiger partial charge in [0, 0.05) is 13.0 Å². The van der Waals surface area contributed by atoms with Crippen molar-refractivity contribution in [1.29, 1.82) is 0 Å². The minimum atomic E-state index is 0.204. The van der Waals surface area contributed by atoms with Gasteiger partial charge in [-0.25, -0.2) is 15.0 Å². The molecule has 1 aliphatic rings. The molecule has 0 unspecified atom stereocenters. The number of rotatable bonds is 0. The highest BCUT2D eigenvalue weighted by Crippen LogP contribution is 2.13. The molecule has 6 nitrogen and oxygen atoms in total. The van der Waals surface area contributed by atoms with Gasteiger partial charge in [0.05, 0.1) is 6.33 Å². The van der Waals surface area contributed by atoms with Crippen molar-refractivity contribution in [2.45, 2.75) is 12.8 Å². The fraction of sp³-hybridized carbons (Fsp3) is 0.333. The van der Waals surface area contributed by atoms with E-state index in [9.17, 15) is 4.79 Å². The maximum Gasteiger partial charge on any atom is 0.220 e. The van der Waals surface area contributed by atoms with Gasteiger partial charge in [-0.1, -0.05) is 11.6 Å². The molecular weight excluding hydrogens is 230 g/mol. The topological polar surface area (TPSA) is 83.6 Å². The highest BCUT2D eigenvalue weighted by molar-refractivity contribution is 6.33. The monoisotopic (exact) mass is 239 g/mol. The molecule has 3 heterocycles. The second-order valence-corrected chi connectivity index (χ2v) is 3.58. The molecule has 0 spiro atoms. The number of aromatic nitrogens is 4. The van der Waals surface area contributed by atoms with E-state index >= 15 is 0 Å². The summed E-state index contributed by atoms with van der Waals surface area (Å²) >= 11 is 5.66. The van der Waals surface area contributed by atoms with Gasteiger partial charge in [0.15, 0.2) is 10.8 Å². The number of fused-ring (bicyclic) bond motifs is 1. The molecule has 1 fully saturated rings. The van der Waals surface area contributed by atoms with E-state index in [2.05, 4.69) is 25.3 Å². The van der Waals surface area contributed by atoms with Crippen molar-refractivity contribution in [2.24, 2.45) is 0 Å². The minimum absolute atomic E-state index is 0.204. The molecule has 0 atom stereocenters. The molecule has 0 saturated carbocycles. The van der Waals surface area contributed by atoms with Crippen LogP contribution in [-0.2, 0) is 4.79 Å². The Bertz CT molecular complexity index is 489. The number of amides is 1. The van der Waals surface area contributed by atoms with Crippen molar-refractivity contribution >= 4 is 28.7 Å². The molecule has 0 aromatic carbocycles. The van der Waals surface area contributed by atoms with E-state index in [1.54, 1.807) is 0 Å². The van der Waals surface area contributed by atoms with Crippen molar-refractivity contribution < 1.29 is 4.79 Å². The molecule has 2 N–H and O–H groups in total. The van der Waals surface area contributed by atoms with Crippen LogP contribution in [0, 0.1) is 0 Å². The Kier molecular flexibility index (Phi) is 3.31. The number of H-pyrrole nitrogens is 1. The molecule has 2 aromatic rings. The molecule has 1 amide bonds. The molecule has 0 bridgehead atoms. The zero-order valence-corrected chi connectivity index (χ0v) is 9.16. The van der Waals surface area contributed by atoms with Crippen molar-refractivity contribution in [1.82, 2.24) is 25.3 Å². The highest BCUT2D eigenvalue weighted by Gasteiger charge is 2.05. The van der Waals surface area contributed by atoms with Gasteiger partial charge in [-0.15, -0.1) is 0 Å². The third-order valence-corrected chi connectivity index (χ3v) is 2.35. The number of carbonyl (C=O) groups is 1. The molecule has 3 rings (SSSR count). The third-order valence-electron chi connectivity index (χ3n) is 2.08. The van der Waals surface area contributed by atoms with Gasteiger partial charge in [-0.2, -0.15) is 0 Å². The molecule has 1 saturated heterocycles. The van der Waals surface area contributed by atoms with Crippen LogP contribution in [0.2, 0.25) is 5.15 Å². The zero-order chi connectivity index (χ0) is 11.4. The van der Waals surface area contributed by atoms with E-state index in [0.29, 0.717) is 16.3 Å². The van der Waals surface area contributed by atoms with E-state index in [4.69, 9.17) is 11.6 Å². The quantitative estimate of drug-likeness (QED) is 0.669. The predicted octanol–water partition coefficient (Wildman–Crippen LogP) is 0.903. The Morgan fingerprint density at radius 3 is 2.75 bits per heavy atom. The summed E-state index contributed by atoms with van der Waals surface area (Å²) in [6.45, 7) is 0.888. The SMILES string of the molecule is Clc1ncnc2[nH]cnc12.O=C1CCCN1. The van der Waals surface area contributed by atoms with Crippen LogP contribution in [0.3, 0.4) is 0 Å². The summed E-state index contributed by atoms with van der Waals surface area (Å²) in [5.41, 5.74) is 1.28. The van der Waals surface area contributed by atoms with Crippen molar-refractivity contribution in [3.05, 3.63) is 17.8 Å². The lowest BCUT2D eigenvalue weighted by atomic mass is 10.4. The first-order valence-corrected chi connectivity index (χ1v) is 5.21. The molecule has 16 heavy (non-hydrogen) atoms. The predicted molar refractivity (Wildman–Crippen MR) is 58.9 cm³/mol. The lowest BCUT2D eigenvalue weighted by molar-refractivity contribution is -0.119. The van der Waals surface area contributed by atoms with Crippen LogP contribution in [0.1, 0.15) is 12.8 Å². The number of carbonyl (C=O) groups excluding carboxylic acids is 1. The molecular formula is C9H10ClN5O. The van der Waals surface area contributed by atoms with E-state index in [0.717, 1.165) is 19.4 Å². The van der Waals surface area contributed by atoms with Crippen LogP contribution in [-0.4, -0.2) is 32.4 Å². The van der Waals surface area contributed by atoms with Crippen LogP contribution in [0.5, 0.6) is 0 Å². The number of nitrogens with one attached hydrogen (secondary N) is 2. The van der Waals surface area contributed by atoms with Crippen molar-refractivity contribution in [3.63, 3.8) is 0 Å². The van der Waals surface area contributed by atoms with Crippen LogP contribution in [0.15, 0.2) is 12.7 Å². The first-order chi connectivity index (χ1) is 7.77. The largest absolute Gasteiger partial charge is 0.356 e. The summed E-state index contributed by atoms with van der Waals surface area (Å²) in [4.78, 5) is 24.5. The number of aromatic amines is 1. The number of hydrogen-bond acceptors (Lipinski definition) is 4. The van der Waals surface area contributed by atoms with Gasteiger partial charge < -0.3 is 10.3 Å². The van der Waals surface area contributed by atoms with Crippen molar-refractivity contribution in [3.8, 4) is 0 Å². The van der Waals surface area contributed by atoms with E-state index in [1.165, 1.54) is 12.7 Å². The van der Waals surface area contributed by atoms with Crippen LogP contribution < -0.4 is 5.32 Å². The lowest BCUT2D eigenvalue weighted by Gasteiger charge is -1.86. The van der Waals surface area contributed by atoms with E-state index in [1.807, 2.05) is 0 Å². The zero-order valence-electron chi connectivity index (χ0n) is 8.40. The van der Waals surface area contributed by atoms with Gasteiger partial charge in [-0.05, 0) is 6.42 Å². The Balaban J connectivity index is 0.000000138. The van der Waals surface area contributed by atoms with E-state index < -0.39 is 0 Å². The van der Waals surface area contributed by atoms with Gasteiger partial charge in [0.25, 0.3) is 0 Å². The Morgan fingerprint density at radius 2 is 2.19 bits per heavy atom. The Labute approximate surface area is 96.5 Å². The molecule has 84 valence electrons. The summed E-state index contributed by atoms with van der Waals surface area (Å²) < 4.78 is 0. The molecule has 7 heteroatoms. The number of halogens is 1. The second-order valence-electron chi connectivity index (χ2n) is 3.22. The van der Waals surface area contributed by atoms with Gasteiger partial charge in [-0.3, -0.25) is 4.79 Å². The average Bonchev–Trinajstić information content (AvgIpc) is 2.90. The third kappa shape index (κ3) is 2.46. The van der Waals surface area contributed by atoms with Gasteiger partial charge in [0.1, 0.15) is 11.8 Å². The molecule has 0 radical (unpaired) electrons. The Hall–Kier alpha value is -1.69. The lowest BCUT2D eigenvalue weighted by Crippen LogP contribution is -2.12. The van der Waals surface area contributed by atoms with Gasteiger partial charge >= 0.3 is 0 Å². The van der Waals surface area contributed by atoms with E-state index in [-0.39, 0.29) is 5.91 Å². The smallest absolute Gasteiger partial charge is 0.220 e. The average molecular weight is 240 g/mol. The minimum Gasteiger partial charge on any atom is -0.356 e. The summed E-state index contributed by atoms with van der Waals surface area (Å²) in [5.74, 6) is 0.204. The Morgan fingerprint density at radius 1 is 1.31 bits per heavy atom. The summed E-state index contributed by atoms with van der Waals surface area (Å²) in [6.07, 6.45) is 4.69. The number of imidazole rings is 1. The molecule has 2 aromatic heterocycles. The van der Waals surface area contributed by atoms with Crippen LogP contribution in [0.4, 0.5) is 0 Å². The normalized spacial score (nSPS) is 14.4. The summed E-state index contributed by atoms with van der Waals surface area (Å²) in [7, 11) is 0. The van der Waals surface area contributed by atoms with Gasteiger partial charge in [0.2, 0.25) is 5.91 Å². The fourth-order valence-corrected chi connectivity index (χ4v) is 1.48. The maximum atomic E-state index is 10.1. The molecule has 1 aliphatic heterocycles. The van der Waals surface area contributed by atoms with Crippen LogP contribution >= 0.6 is 11.6 Å². The first kappa shape index (κ1) is 10.8. The molecule has 0 aliphatic carbocycles.